The molecule has 2 rings (SSSR count). The van der Waals surface area contributed by atoms with Crippen LogP contribution >= 0.6 is 11.3 Å². The molecule has 23 heavy (non-hydrogen) atoms. The zero-order chi connectivity index (χ0) is 16.7. The van der Waals surface area contributed by atoms with E-state index in [4.69, 9.17) is 4.74 Å². The molecule has 0 aliphatic carbocycles. The molecule has 1 heterocycles. The first-order valence-corrected chi connectivity index (χ1v) is 8.48. The Morgan fingerprint density at radius 3 is 2.78 bits per heavy atom. The van der Waals surface area contributed by atoms with E-state index in [2.05, 4.69) is 10.3 Å². The monoisotopic (exact) mass is 330 g/mol. The molecule has 0 unspecified atom stereocenters. The number of aromatic nitrogens is 1. The first kappa shape index (κ1) is 17.2. The molecular weight excluding hydrogens is 308 g/mol. The summed E-state index contributed by atoms with van der Waals surface area (Å²) >= 11 is 1.33. The highest BCUT2D eigenvalue weighted by Gasteiger charge is 2.16. The van der Waals surface area contributed by atoms with Gasteiger partial charge in [-0.25, -0.2) is 9.78 Å². The summed E-state index contributed by atoms with van der Waals surface area (Å²) in [4.78, 5) is 17.0. The summed E-state index contributed by atoms with van der Waals surface area (Å²) in [7, 11) is 0. The van der Waals surface area contributed by atoms with Crippen LogP contribution in [0.5, 0.6) is 0 Å². The highest BCUT2D eigenvalue weighted by atomic mass is 32.1. The fourth-order valence-electron chi connectivity index (χ4n) is 1.87. The first-order chi connectivity index (χ1) is 11.1. The Morgan fingerprint density at radius 1 is 1.35 bits per heavy atom. The number of anilines is 1. The zero-order valence-electron chi connectivity index (χ0n) is 13.7. The van der Waals surface area contributed by atoms with Crippen LogP contribution in [0.4, 0.5) is 5.13 Å². The molecule has 1 N–H and O–H groups in total. The summed E-state index contributed by atoms with van der Waals surface area (Å²) in [5.41, 5.74) is 1.86. The van der Waals surface area contributed by atoms with Gasteiger partial charge in [0.05, 0.1) is 12.3 Å². The maximum Gasteiger partial charge on any atom is 0.350 e. The number of rotatable bonds is 7. The van der Waals surface area contributed by atoms with Crippen molar-refractivity contribution in [2.24, 2.45) is 5.92 Å². The van der Waals surface area contributed by atoms with Crippen LogP contribution < -0.4 is 5.32 Å². The van der Waals surface area contributed by atoms with E-state index in [1.807, 2.05) is 63.3 Å². The molecule has 4 nitrogen and oxygen atoms in total. The van der Waals surface area contributed by atoms with Gasteiger partial charge in [0.25, 0.3) is 0 Å². The molecule has 0 saturated heterocycles. The summed E-state index contributed by atoms with van der Waals surface area (Å²) in [6.07, 6.45) is 4.08. The molecule has 0 atom stereocenters. The number of carbonyl (C=O) groups excluding carboxylic acids is 1. The Labute approximate surface area is 141 Å². The van der Waals surface area contributed by atoms with Crippen molar-refractivity contribution in [3.05, 3.63) is 52.5 Å². The van der Waals surface area contributed by atoms with E-state index < -0.39 is 0 Å². The van der Waals surface area contributed by atoms with Gasteiger partial charge in [0.1, 0.15) is 4.88 Å². The zero-order valence-corrected chi connectivity index (χ0v) is 14.5. The van der Waals surface area contributed by atoms with Crippen LogP contribution in [0.3, 0.4) is 0 Å². The summed E-state index contributed by atoms with van der Waals surface area (Å²) in [6, 6.07) is 10.1. The Bertz CT molecular complexity index is 663. The van der Waals surface area contributed by atoms with Crippen molar-refractivity contribution in [2.75, 3.05) is 18.5 Å². The minimum atomic E-state index is -0.290. The lowest BCUT2D eigenvalue weighted by molar-refractivity contribution is 0.0463. The summed E-state index contributed by atoms with van der Waals surface area (Å²) < 4.78 is 5.26. The van der Waals surface area contributed by atoms with Gasteiger partial charge in [0, 0.05) is 6.54 Å². The van der Waals surface area contributed by atoms with E-state index in [0.717, 1.165) is 10.7 Å². The topological polar surface area (TPSA) is 51.2 Å². The van der Waals surface area contributed by atoms with Crippen LogP contribution in [-0.4, -0.2) is 24.1 Å². The second-order valence-corrected chi connectivity index (χ2v) is 6.62. The number of hydrogen-bond donors (Lipinski definition) is 1. The van der Waals surface area contributed by atoms with Crippen LogP contribution in [0.1, 0.15) is 34.8 Å². The van der Waals surface area contributed by atoms with Gasteiger partial charge in [-0.05, 0) is 18.4 Å². The second-order valence-electron chi connectivity index (χ2n) is 5.62. The summed E-state index contributed by atoms with van der Waals surface area (Å²) in [6.45, 7) is 6.94. The number of esters is 1. The Kier molecular flexibility index (Phi) is 6.35. The smallest absolute Gasteiger partial charge is 0.350 e. The number of benzene rings is 1. The average Bonchev–Trinajstić information content (AvgIpc) is 2.91. The molecule has 0 aliphatic rings. The predicted molar refractivity (Wildman–Crippen MR) is 95.9 cm³/mol. The van der Waals surface area contributed by atoms with Gasteiger partial charge in [-0.2, -0.15) is 0 Å². The molecule has 0 amide bonds. The minimum Gasteiger partial charge on any atom is -0.461 e. The van der Waals surface area contributed by atoms with Crippen molar-refractivity contribution in [1.82, 2.24) is 4.98 Å². The molecule has 0 bridgehead atoms. The maximum atomic E-state index is 12.0. The lowest BCUT2D eigenvalue weighted by Gasteiger charge is -2.05. The standard InChI is InChI=1S/C18H22N2O2S/c1-13(2)12-22-17(21)16-14(3)20-18(23-16)19-11-7-10-15-8-5-4-6-9-15/h4-10,13H,11-12H2,1-3H3,(H,19,20)/b10-7+. The number of thiazole rings is 1. The van der Waals surface area contributed by atoms with Crippen molar-refractivity contribution < 1.29 is 9.53 Å². The average molecular weight is 330 g/mol. The van der Waals surface area contributed by atoms with E-state index in [0.29, 0.717) is 29.6 Å². The fourth-order valence-corrected chi connectivity index (χ4v) is 2.74. The fraction of sp³-hybridized carbons (Fsp3) is 0.333. The number of aryl methyl sites for hydroxylation is 1. The lowest BCUT2D eigenvalue weighted by Crippen LogP contribution is -2.09. The van der Waals surface area contributed by atoms with Gasteiger partial charge in [0.15, 0.2) is 5.13 Å². The maximum absolute atomic E-state index is 12.0. The van der Waals surface area contributed by atoms with Crippen molar-refractivity contribution in [1.29, 1.82) is 0 Å². The van der Waals surface area contributed by atoms with Crippen molar-refractivity contribution >= 4 is 28.5 Å². The van der Waals surface area contributed by atoms with E-state index >= 15 is 0 Å². The minimum absolute atomic E-state index is 0.290. The SMILES string of the molecule is Cc1nc(NC/C=C/c2ccccc2)sc1C(=O)OCC(C)C. The summed E-state index contributed by atoms with van der Waals surface area (Å²) in [5, 5.41) is 3.94. The number of hydrogen-bond acceptors (Lipinski definition) is 5. The van der Waals surface area contributed by atoms with Crippen molar-refractivity contribution in [2.45, 2.75) is 20.8 Å². The Hall–Kier alpha value is -2.14. The lowest BCUT2D eigenvalue weighted by atomic mass is 10.2. The number of ether oxygens (including phenoxy) is 1. The first-order valence-electron chi connectivity index (χ1n) is 7.66. The molecule has 0 spiro atoms. The van der Waals surface area contributed by atoms with E-state index in [-0.39, 0.29) is 5.97 Å². The van der Waals surface area contributed by atoms with Gasteiger partial charge < -0.3 is 10.1 Å². The number of carbonyl (C=O) groups is 1. The van der Waals surface area contributed by atoms with Crippen LogP contribution in [0.2, 0.25) is 0 Å². The molecule has 0 fully saturated rings. The largest absolute Gasteiger partial charge is 0.461 e. The van der Waals surface area contributed by atoms with Crippen LogP contribution in [0.25, 0.3) is 6.08 Å². The van der Waals surface area contributed by atoms with E-state index in [1.165, 1.54) is 11.3 Å². The summed E-state index contributed by atoms with van der Waals surface area (Å²) in [5.74, 6) is 0.0366. The highest BCUT2D eigenvalue weighted by Crippen LogP contribution is 2.23. The molecule has 5 heteroatoms. The third-order valence-electron chi connectivity index (χ3n) is 3.01. The van der Waals surface area contributed by atoms with Crippen LogP contribution in [0.15, 0.2) is 36.4 Å². The third-order valence-corrected chi connectivity index (χ3v) is 4.11. The molecule has 1 aromatic heterocycles. The van der Waals surface area contributed by atoms with Crippen molar-refractivity contribution in [3.63, 3.8) is 0 Å². The normalized spacial score (nSPS) is 11.1. The van der Waals surface area contributed by atoms with Gasteiger partial charge in [-0.15, -0.1) is 0 Å². The van der Waals surface area contributed by atoms with Gasteiger partial charge in [-0.1, -0.05) is 67.7 Å². The van der Waals surface area contributed by atoms with Gasteiger partial charge in [-0.3, -0.25) is 0 Å². The third kappa shape index (κ3) is 5.53. The number of nitrogens with zero attached hydrogens (tertiary/aromatic N) is 1. The Balaban J connectivity index is 1.88. The van der Waals surface area contributed by atoms with Crippen LogP contribution in [0, 0.1) is 12.8 Å². The molecular formula is C18H22N2O2S. The van der Waals surface area contributed by atoms with Gasteiger partial charge >= 0.3 is 5.97 Å². The van der Waals surface area contributed by atoms with Crippen LogP contribution in [-0.2, 0) is 4.74 Å². The van der Waals surface area contributed by atoms with E-state index in [9.17, 15) is 4.79 Å². The van der Waals surface area contributed by atoms with Crippen molar-refractivity contribution in [3.8, 4) is 0 Å². The molecule has 2 aromatic rings. The Morgan fingerprint density at radius 2 is 2.09 bits per heavy atom. The second kappa shape index (κ2) is 8.48. The molecule has 0 saturated carbocycles. The molecule has 1 aromatic carbocycles. The number of nitrogens with one attached hydrogen (secondary N) is 1. The molecule has 122 valence electrons. The predicted octanol–water partition coefficient (Wildman–Crippen LogP) is 4.39. The highest BCUT2D eigenvalue weighted by molar-refractivity contribution is 7.17. The molecule has 0 aliphatic heterocycles. The quantitative estimate of drug-likeness (QED) is 0.765. The van der Waals surface area contributed by atoms with Gasteiger partial charge in [0.2, 0.25) is 0 Å². The van der Waals surface area contributed by atoms with E-state index in [1.54, 1.807) is 0 Å². The molecule has 0 radical (unpaired) electrons.